The lowest BCUT2D eigenvalue weighted by Crippen LogP contribution is -2.05. The Morgan fingerprint density at radius 1 is 1.32 bits per heavy atom. The Labute approximate surface area is 121 Å². The molecule has 0 aliphatic rings. The number of hydrogen-bond donors (Lipinski definition) is 1. The van der Waals surface area contributed by atoms with E-state index in [1.165, 1.54) is 0 Å². The van der Waals surface area contributed by atoms with Crippen LogP contribution in [0.5, 0.6) is 5.75 Å². The van der Waals surface area contributed by atoms with Gasteiger partial charge in [-0.15, -0.1) is 0 Å². The molecule has 1 aromatic heterocycles. The Balaban J connectivity index is 2.32. The number of ether oxygens (including phenoxy) is 1. The lowest BCUT2D eigenvalue weighted by Gasteiger charge is -2.10. The van der Waals surface area contributed by atoms with Crippen LogP contribution in [0.2, 0.25) is 0 Å². The van der Waals surface area contributed by atoms with E-state index >= 15 is 0 Å². The minimum atomic E-state index is -0.0430. The van der Waals surface area contributed by atoms with Crippen LogP contribution in [0.4, 0.5) is 0 Å². The van der Waals surface area contributed by atoms with Crippen molar-refractivity contribution in [2.24, 2.45) is 7.05 Å². The van der Waals surface area contributed by atoms with Gasteiger partial charge < -0.3 is 14.4 Å². The molecule has 0 bridgehead atoms. The molecule has 0 atom stereocenters. The van der Waals surface area contributed by atoms with Crippen molar-refractivity contribution in [2.45, 2.75) is 26.6 Å². The van der Waals surface area contributed by atoms with E-state index in [0.29, 0.717) is 4.60 Å². The van der Waals surface area contributed by atoms with Gasteiger partial charge in [0.2, 0.25) is 0 Å². The smallest absolute Gasteiger partial charge is 0.141 e. The van der Waals surface area contributed by atoms with Crippen LogP contribution in [0.15, 0.2) is 28.9 Å². The van der Waals surface area contributed by atoms with Crippen LogP contribution in [0, 0.1) is 0 Å². The number of imidazole rings is 1. The first-order valence-electron chi connectivity index (χ1n) is 6.12. The highest BCUT2D eigenvalue weighted by atomic mass is 79.9. The summed E-state index contributed by atoms with van der Waals surface area (Å²) in [5, 5.41) is 9.29. The van der Waals surface area contributed by atoms with Gasteiger partial charge in [0.05, 0.1) is 18.4 Å². The molecule has 2 rings (SSSR count). The largest absolute Gasteiger partial charge is 0.491 e. The van der Waals surface area contributed by atoms with Crippen molar-refractivity contribution in [2.75, 3.05) is 0 Å². The molecule has 0 amide bonds. The summed E-state index contributed by atoms with van der Waals surface area (Å²) in [6.45, 7) is 3.95. The van der Waals surface area contributed by atoms with Crippen molar-refractivity contribution in [1.82, 2.24) is 9.55 Å². The number of hydrogen-bond acceptors (Lipinski definition) is 3. The Morgan fingerprint density at radius 3 is 2.42 bits per heavy atom. The van der Waals surface area contributed by atoms with Crippen molar-refractivity contribution in [3.63, 3.8) is 0 Å². The highest BCUT2D eigenvalue weighted by molar-refractivity contribution is 9.10. The maximum Gasteiger partial charge on any atom is 0.141 e. The molecule has 0 aliphatic carbocycles. The molecule has 0 aliphatic heterocycles. The normalized spacial score (nSPS) is 11.1. The van der Waals surface area contributed by atoms with E-state index in [1.807, 2.05) is 49.7 Å². The first-order valence-corrected chi connectivity index (χ1v) is 6.91. The number of aliphatic hydroxyl groups is 1. The molecular weight excluding hydrogens is 308 g/mol. The molecule has 1 aromatic carbocycles. The van der Waals surface area contributed by atoms with Gasteiger partial charge in [-0.25, -0.2) is 4.98 Å². The van der Waals surface area contributed by atoms with E-state index < -0.39 is 0 Å². The van der Waals surface area contributed by atoms with Gasteiger partial charge in [0.25, 0.3) is 0 Å². The predicted octanol–water partition coefficient (Wildman–Crippen LogP) is 3.13. The highest BCUT2D eigenvalue weighted by Gasteiger charge is 2.13. The van der Waals surface area contributed by atoms with Crippen molar-refractivity contribution >= 4 is 15.9 Å². The maximum atomic E-state index is 9.29. The van der Waals surface area contributed by atoms with Gasteiger partial charge in [0, 0.05) is 12.6 Å². The van der Waals surface area contributed by atoms with Gasteiger partial charge >= 0.3 is 0 Å². The molecule has 0 fully saturated rings. The SMILES string of the molecule is CC(C)Oc1ccc(-c2nc(Br)c(CO)n2C)cc1. The Kier molecular flexibility index (Phi) is 4.27. The van der Waals surface area contributed by atoms with Crippen LogP contribution < -0.4 is 4.74 Å². The third-order valence-corrected chi connectivity index (χ3v) is 3.43. The average Bonchev–Trinajstić information content (AvgIpc) is 2.64. The van der Waals surface area contributed by atoms with E-state index in [9.17, 15) is 5.11 Å². The molecule has 0 saturated carbocycles. The van der Waals surface area contributed by atoms with Gasteiger partial charge in [-0.05, 0) is 54.0 Å². The fourth-order valence-corrected chi connectivity index (χ4v) is 2.44. The molecule has 102 valence electrons. The van der Waals surface area contributed by atoms with Gasteiger partial charge in [-0.3, -0.25) is 0 Å². The molecule has 0 unspecified atom stereocenters. The summed E-state index contributed by atoms with van der Waals surface area (Å²) in [6, 6.07) is 7.79. The van der Waals surface area contributed by atoms with Crippen LogP contribution in [0.25, 0.3) is 11.4 Å². The van der Waals surface area contributed by atoms with E-state index in [0.717, 1.165) is 22.8 Å². The fraction of sp³-hybridized carbons (Fsp3) is 0.357. The maximum absolute atomic E-state index is 9.29. The zero-order valence-corrected chi connectivity index (χ0v) is 12.8. The molecule has 4 nitrogen and oxygen atoms in total. The number of benzene rings is 1. The Hall–Kier alpha value is -1.33. The van der Waals surface area contributed by atoms with Gasteiger partial charge in [-0.1, -0.05) is 0 Å². The molecule has 1 heterocycles. The van der Waals surface area contributed by atoms with E-state index in [1.54, 1.807) is 0 Å². The summed E-state index contributed by atoms with van der Waals surface area (Å²) in [4.78, 5) is 4.42. The van der Waals surface area contributed by atoms with Gasteiger partial charge in [-0.2, -0.15) is 0 Å². The summed E-state index contributed by atoms with van der Waals surface area (Å²) in [7, 11) is 1.89. The number of aromatic nitrogens is 2. The van der Waals surface area contributed by atoms with Gasteiger partial charge in [0.1, 0.15) is 16.2 Å². The van der Waals surface area contributed by atoms with Crippen molar-refractivity contribution in [1.29, 1.82) is 0 Å². The highest BCUT2D eigenvalue weighted by Crippen LogP contribution is 2.26. The number of halogens is 1. The number of rotatable bonds is 4. The molecular formula is C14H17BrN2O2. The lowest BCUT2D eigenvalue weighted by atomic mass is 10.2. The molecule has 2 aromatic rings. The van der Waals surface area contributed by atoms with Crippen molar-refractivity contribution in [3.8, 4) is 17.1 Å². The first kappa shape index (κ1) is 14.1. The topological polar surface area (TPSA) is 47.3 Å². The Morgan fingerprint density at radius 2 is 1.95 bits per heavy atom. The zero-order valence-electron chi connectivity index (χ0n) is 11.2. The van der Waals surface area contributed by atoms with Crippen LogP contribution >= 0.6 is 15.9 Å². The number of aliphatic hydroxyl groups excluding tert-OH is 1. The van der Waals surface area contributed by atoms with Crippen molar-refractivity contribution in [3.05, 3.63) is 34.6 Å². The Bertz CT molecular complexity index is 562. The van der Waals surface area contributed by atoms with E-state index in [4.69, 9.17) is 4.74 Å². The molecule has 0 radical (unpaired) electrons. The second-order valence-electron chi connectivity index (χ2n) is 4.58. The van der Waals surface area contributed by atoms with Crippen molar-refractivity contribution < 1.29 is 9.84 Å². The monoisotopic (exact) mass is 324 g/mol. The quantitative estimate of drug-likeness (QED) is 0.939. The lowest BCUT2D eigenvalue weighted by molar-refractivity contribution is 0.242. The minimum Gasteiger partial charge on any atom is -0.491 e. The summed E-state index contributed by atoms with van der Waals surface area (Å²) >= 11 is 3.36. The van der Waals surface area contributed by atoms with Gasteiger partial charge in [0.15, 0.2) is 0 Å². The molecule has 0 saturated heterocycles. The average molecular weight is 325 g/mol. The van der Waals surface area contributed by atoms with E-state index in [2.05, 4.69) is 20.9 Å². The summed E-state index contributed by atoms with van der Waals surface area (Å²) in [5.41, 5.74) is 1.75. The summed E-state index contributed by atoms with van der Waals surface area (Å²) in [5.74, 6) is 1.65. The predicted molar refractivity (Wildman–Crippen MR) is 78.0 cm³/mol. The minimum absolute atomic E-state index is 0.0430. The van der Waals surface area contributed by atoms with Crippen LogP contribution in [0.3, 0.4) is 0 Å². The molecule has 0 spiro atoms. The second kappa shape index (κ2) is 5.75. The zero-order chi connectivity index (χ0) is 14.0. The third-order valence-electron chi connectivity index (χ3n) is 2.80. The first-order chi connectivity index (χ1) is 9.02. The molecule has 1 N–H and O–H groups in total. The fourth-order valence-electron chi connectivity index (χ4n) is 1.88. The van der Waals surface area contributed by atoms with Crippen LogP contribution in [-0.2, 0) is 13.7 Å². The number of nitrogens with zero attached hydrogens (tertiary/aromatic N) is 2. The second-order valence-corrected chi connectivity index (χ2v) is 5.33. The van der Waals surface area contributed by atoms with Crippen LogP contribution in [0.1, 0.15) is 19.5 Å². The standard InChI is InChI=1S/C14H17BrN2O2/c1-9(2)19-11-6-4-10(5-7-11)14-16-13(15)12(8-18)17(14)3/h4-7,9,18H,8H2,1-3H3. The van der Waals surface area contributed by atoms with E-state index in [-0.39, 0.29) is 12.7 Å². The molecule has 19 heavy (non-hydrogen) atoms. The van der Waals surface area contributed by atoms with Crippen LogP contribution in [-0.4, -0.2) is 20.8 Å². The summed E-state index contributed by atoms with van der Waals surface area (Å²) in [6.07, 6.45) is 0.161. The summed E-state index contributed by atoms with van der Waals surface area (Å²) < 4.78 is 8.16. The molecule has 5 heteroatoms. The third kappa shape index (κ3) is 2.98.